The van der Waals surface area contributed by atoms with Gasteiger partial charge in [-0.1, -0.05) is 12.1 Å². The van der Waals surface area contributed by atoms with Gasteiger partial charge in [-0.2, -0.15) is 5.10 Å². The molecule has 0 saturated heterocycles. The van der Waals surface area contributed by atoms with Crippen molar-refractivity contribution in [3.8, 4) is 17.2 Å². The minimum absolute atomic E-state index is 0.0863. The minimum Gasteiger partial charge on any atom is -0.497 e. The summed E-state index contributed by atoms with van der Waals surface area (Å²) in [5.41, 5.74) is 2.77. The molecule has 0 aliphatic rings. The third-order valence-corrected chi connectivity index (χ3v) is 4.78. The molecule has 3 aromatic rings. The summed E-state index contributed by atoms with van der Waals surface area (Å²) in [4.78, 5) is 18.3. The van der Waals surface area contributed by atoms with Gasteiger partial charge in [0.15, 0.2) is 0 Å². The molecule has 0 fully saturated rings. The van der Waals surface area contributed by atoms with Crippen LogP contribution in [0.25, 0.3) is 11.8 Å². The van der Waals surface area contributed by atoms with E-state index in [0.29, 0.717) is 11.5 Å². The van der Waals surface area contributed by atoms with Gasteiger partial charge in [0.1, 0.15) is 24.2 Å². The summed E-state index contributed by atoms with van der Waals surface area (Å²) in [7, 11) is 4.98. The summed E-state index contributed by atoms with van der Waals surface area (Å²) < 4.78 is 12.2. The maximum absolute atomic E-state index is 12.6. The molecule has 0 aliphatic carbocycles. The van der Waals surface area contributed by atoms with Gasteiger partial charge in [0, 0.05) is 19.2 Å². The molecule has 0 radical (unpaired) electrons. The molecule has 1 aromatic heterocycles. The van der Waals surface area contributed by atoms with Gasteiger partial charge in [-0.05, 0) is 48.4 Å². The maximum atomic E-state index is 12.6. The lowest BCUT2D eigenvalue weighted by atomic mass is 10.1. The van der Waals surface area contributed by atoms with Crippen molar-refractivity contribution in [2.24, 2.45) is 0 Å². The zero-order valence-electron chi connectivity index (χ0n) is 16.9. The van der Waals surface area contributed by atoms with Crippen LogP contribution in [0.2, 0.25) is 0 Å². The average Bonchev–Trinajstić information content (AvgIpc) is 3.31. The number of hydrogen-bond donors (Lipinski definition) is 0. The van der Waals surface area contributed by atoms with Gasteiger partial charge >= 0.3 is 0 Å². The van der Waals surface area contributed by atoms with E-state index in [1.165, 1.54) is 6.33 Å². The fourth-order valence-corrected chi connectivity index (χ4v) is 2.87. The molecular formula is C22H24N4O3. The third kappa shape index (κ3) is 4.82. The largest absolute Gasteiger partial charge is 0.497 e. The second kappa shape index (κ2) is 9.05. The normalized spacial score (nSPS) is 12.0. The molecular weight excluding hydrogens is 368 g/mol. The highest BCUT2D eigenvalue weighted by molar-refractivity contribution is 5.92. The number of rotatable bonds is 7. The highest BCUT2D eigenvalue weighted by atomic mass is 16.5. The maximum Gasteiger partial charge on any atom is 0.246 e. The molecule has 3 rings (SSSR count). The summed E-state index contributed by atoms with van der Waals surface area (Å²) in [6, 6.07) is 13.3. The van der Waals surface area contributed by atoms with E-state index in [9.17, 15) is 4.79 Å². The van der Waals surface area contributed by atoms with Gasteiger partial charge in [-0.3, -0.25) is 4.79 Å². The van der Waals surface area contributed by atoms with Crippen LogP contribution in [0, 0.1) is 0 Å². The summed E-state index contributed by atoms with van der Waals surface area (Å²) in [5.74, 6) is 1.25. The molecule has 1 amide bonds. The van der Waals surface area contributed by atoms with Crippen molar-refractivity contribution in [3.05, 3.63) is 72.3 Å². The number of methoxy groups -OCH3 is 2. The fraction of sp³-hybridized carbons (Fsp3) is 0.227. The number of nitrogens with zero attached hydrogens (tertiary/aromatic N) is 4. The van der Waals surface area contributed by atoms with Crippen molar-refractivity contribution in [2.75, 3.05) is 21.3 Å². The van der Waals surface area contributed by atoms with Crippen LogP contribution < -0.4 is 9.47 Å². The van der Waals surface area contributed by atoms with Gasteiger partial charge in [-0.25, -0.2) is 9.67 Å². The van der Waals surface area contributed by atoms with Crippen LogP contribution in [-0.4, -0.2) is 46.8 Å². The Morgan fingerprint density at radius 1 is 1.10 bits per heavy atom. The van der Waals surface area contributed by atoms with E-state index in [-0.39, 0.29) is 11.9 Å². The number of likely N-dealkylation sites (N-methyl/N-ethyl adjacent to an activating group) is 1. The molecule has 1 atom stereocenters. The fourth-order valence-electron chi connectivity index (χ4n) is 2.87. The van der Waals surface area contributed by atoms with E-state index in [4.69, 9.17) is 9.47 Å². The van der Waals surface area contributed by atoms with Crippen LogP contribution in [-0.2, 0) is 4.79 Å². The first-order valence-corrected chi connectivity index (χ1v) is 9.14. The van der Waals surface area contributed by atoms with E-state index in [0.717, 1.165) is 16.8 Å². The van der Waals surface area contributed by atoms with E-state index in [1.807, 2.05) is 43.3 Å². The Bertz CT molecular complexity index is 960. The molecule has 29 heavy (non-hydrogen) atoms. The monoisotopic (exact) mass is 392 g/mol. The summed E-state index contributed by atoms with van der Waals surface area (Å²) in [6.45, 7) is 1.99. The molecule has 0 aliphatic heterocycles. The zero-order chi connectivity index (χ0) is 20.8. The molecule has 7 nitrogen and oxygen atoms in total. The van der Waals surface area contributed by atoms with Crippen LogP contribution in [0.15, 0.2) is 61.2 Å². The third-order valence-electron chi connectivity index (χ3n) is 4.78. The zero-order valence-corrected chi connectivity index (χ0v) is 16.9. The SMILES string of the molecule is COc1cc(/C=C/C(=O)N(C)C(C)c2ccc(-n3cncn3)cc2)cc(OC)c1. The summed E-state index contributed by atoms with van der Waals surface area (Å²) >= 11 is 0. The Morgan fingerprint density at radius 2 is 1.76 bits per heavy atom. The van der Waals surface area contributed by atoms with E-state index >= 15 is 0 Å². The molecule has 0 bridgehead atoms. The first-order valence-electron chi connectivity index (χ1n) is 9.14. The number of carbonyl (C=O) groups is 1. The Labute approximate surface area is 170 Å². The molecule has 1 heterocycles. The van der Waals surface area contributed by atoms with Crippen molar-refractivity contribution in [3.63, 3.8) is 0 Å². The Balaban J connectivity index is 1.70. The van der Waals surface area contributed by atoms with Crippen molar-refractivity contribution in [1.29, 1.82) is 0 Å². The predicted molar refractivity (Wildman–Crippen MR) is 111 cm³/mol. The number of ether oxygens (including phenoxy) is 2. The van der Waals surface area contributed by atoms with E-state index in [2.05, 4.69) is 10.1 Å². The number of benzene rings is 2. The standard InChI is InChI=1S/C22H24N4O3/c1-16(18-6-8-19(9-7-18)26-15-23-14-24-26)25(2)22(27)10-5-17-11-20(28-3)13-21(12-17)29-4/h5-16H,1-4H3/b10-5+. The highest BCUT2D eigenvalue weighted by Crippen LogP contribution is 2.24. The Hall–Kier alpha value is -3.61. The molecule has 1 unspecified atom stereocenters. The van der Waals surface area contributed by atoms with Crippen LogP contribution in [0.4, 0.5) is 0 Å². The van der Waals surface area contributed by atoms with Gasteiger partial charge in [-0.15, -0.1) is 0 Å². The topological polar surface area (TPSA) is 69.5 Å². The summed E-state index contributed by atoms with van der Waals surface area (Å²) in [5, 5.41) is 4.12. The van der Waals surface area contributed by atoms with Crippen molar-refractivity contribution in [2.45, 2.75) is 13.0 Å². The highest BCUT2D eigenvalue weighted by Gasteiger charge is 2.15. The molecule has 0 N–H and O–H groups in total. The van der Waals surface area contributed by atoms with E-state index in [1.54, 1.807) is 55.4 Å². The van der Waals surface area contributed by atoms with Gasteiger partial charge in [0.2, 0.25) is 5.91 Å². The number of aromatic nitrogens is 3. The van der Waals surface area contributed by atoms with Crippen molar-refractivity contribution in [1.82, 2.24) is 19.7 Å². The molecule has 150 valence electrons. The quantitative estimate of drug-likeness (QED) is 0.576. The van der Waals surface area contributed by atoms with E-state index < -0.39 is 0 Å². The van der Waals surface area contributed by atoms with Gasteiger partial charge < -0.3 is 14.4 Å². The first-order chi connectivity index (χ1) is 14.0. The van der Waals surface area contributed by atoms with Crippen molar-refractivity contribution >= 4 is 12.0 Å². The minimum atomic E-state index is -0.0976. The smallest absolute Gasteiger partial charge is 0.246 e. The van der Waals surface area contributed by atoms with Crippen LogP contribution in [0.3, 0.4) is 0 Å². The van der Waals surface area contributed by atoms with Crippen LogP contribution >= 0.6 is 0 Å². The number of carbonyl (C=O) groups excluding carboxylic acids is 1. The lowest BCUT2D eigenvalue weighted by Crippen LogP contribution is -2.27. The second-order valence-corrected chi connectivity index (χ2v) is 6.54. The lowest BCUT2D eigenvalue weighted by Gasteiger charge is -2.24. The van der Waals surface area contributed by atoms with Crippen LogP contribution in [0.5, 0.6) is 11.5 Å². The number of amides is 1. The molecule has 2 aromatic carbocycles. The Kier molecular flexibility index (Phi) is 6.29. The molecule has 0 saturated carbocycles. The molecule has 0 spiro atoms. The number of hydrogen-bond acceptors (Lipinski definition) is 5. The van der Waals surface area contributed by atoms with Gasteiger partial charge in [0.25, 0.3) is 0 Å². The average molecular weight is 392 g/mol. The predicted octanol–water partition coefficient (Wildman–Crippen LogP) is 3.52. The Morgan fingerprint density at radius 3 is 2.31 bits per heavy atom. The second-order valence-electron chi connectivity index (χ2n) is 6.54. The van der Waals surface area contributed by atoms with Gasteiger partial charge in [0.05, 0.1) is 25.9 Å². The summed E-state index contributed by atoms with van der Waals surface area (Å²) in [6.07, 6.45) is 6.44. The van der Waals surface area contributed by atoms with Crippen molar-refractivity contribution < 1.29 is 14.3 Å². The lowest BCUT2D eigenvalue weighted by molar-refractivity contribution is -0.126. The van der Waals surface area contributed by atoms with Crippen LogP contribution in [0.1, 0.15) is 24.1 Å². The molecule has 7 heteroatoms. The first kappa shape index (κ1) is 20.1.